The molecule has 4 atom stereocenters. The molecule has 240 valence electrons. The van der Waals surface area contributed by atoms with Crippen LogP contribution < -0.4 is 0 Å². The number of ether oxygens (including phenoxy) is 3. The lowest BCUT2D eigenvalue weighted by molar-refractivity contribution is 0.0113. The summed E-state index contributed by atoms with van der Waals surface area (Å²) in [6.45, 7) is 6.25. The van der Waals surface area contributed by atoms with Crippen molar-refractivity contribution in [2.75, 3.05) is 13.2 Å². The molecule has 0 radical (unpaired) electrons. The van der Waals surface area contributed by atoms with Crippen molar-refractivity contribution in [2.24, 2.45) is 0 Å². The van der Waals surface area contributed by atoms with Crippen molar-refractivity contribution < 1.29 is 14.2 Å². The van der Waals surface area contributed by atoms with Crippen LogP contribution in [0, 0.1) is 0 Å². The Kier molecular flexibility index (Phi) is 24.0. The minimum absolute atomic E-state index is 0.0674. The predicted molar refractivity (Wildman–Crippen MR) is 178 cm³/mol. The second-order valence-corrected chi connectivity index (χ2v) is 13.0. The molecule has 2 aliphatic rings. The standard InChI is InChI=1S/C38H70O3/c1-3-5-7-9-11-13-15-17-19-21-23-25-27-29-31-35(37-33-39-37)41-36(38-34-40-38)32-30-28-26-24-22-20-18-16-14-12-10-8-6-4-2/h29-32,35-38H,3-28,33-34H2,1-2H3/b31-29+,32-30+. The summed E-state index contributed by atoms with van der Waals surface area (Å²) in [5.74, 6) is 0. The Hall–Kier alpha value is -0.640. The molecule has 0 N–H and O–H groups in total. The van der Waals surface area contributed by atoms with Gasteiger partial charge in [-0.1, -0.05) is 179 Å². The van der Waals surface area contributed by atoms with Crippen molar-refractivity contribution in [3.05, 3.63) is 24.3 Å². The van der Waals surface area contributed by atoms with E-state index in [2.05, 4.69) is 38.2 Å². The molecule has 0 aliphatic carbocycles. The fourth-order valence-electron chi connectivity index (χ4n) is 5.85. The van der Waals surface area contributed by atoms with Crippen LogP contribution in [0.2, 0.25) is 0 Å². The van der Waals surface area contributed by atoms with E-state index in [9.17, 15) is 0 Å². The lowest BCUT2D eigenvalue weighted by atomic mass is 10.0. The summed E-state index contributed by atoms with van der Waals surface area (Å²) in [5.41, 5.74) is 0. The van der Waals surface area contributed by atoms with E-state index in [1.807, 2.05) is 0 Å². The Bertz CT molecular complexity index is 555. The number of hydrogen-bond acceptors (Lipinski definition) is 3. The third kappa shape index (κ3) is 22.5. The zero-order valence-electron chi connectivity index (χ0n) is 27.6. The van der Waals surface area contributed by atoms with E-state index in [-0.39, 0.29) is 24.4 Å². The number of hydrogen-bond donors (Lipinski definition) is 0. The average Bonchev–Trinajstić information content (AvgIpc) is 3.90. The van der Waals surface area contributed by atoms with Crippen LogP contribution in [-0.2, 0) is 14.2 Å². The summed E-state index contributed by atoms with van der Waals surface area (Å²) >= 11 is 0. The highest BCUT2D eigenvalue weighted by atomic mass is 16.6. The van der Waals surface area contributed by atoms with Crippen LogP contribution in [0.3, 0.4) is 0 Å². The lowest BCUT2D eigenvalue weighted by Gasteiger charge is -2.18. The molecule has 2 saturated heterocycles. The van der Waals surface area contributed by atoms with Crippen LogP contribution >= 0.6 is 0 Å². The van der Waals surface area contributed by atoms with Crippen molar-refractivity contribution in [3.63, 3.8) is 0 Å². The maximum Gasteiger partial charge on any atom is 0.111 e. The van der Waals surface area contributed by atoms with Crippen molar-refractivity contribution in [1.82, 2.24) is 0 Å². The molecular formula is C38H70O3. The van der Waals surface area contributed by atoms with Crippen molar-refractivity contribution in [1.29, 1.82) is 0 Å². The molecule has 0 spiro atoms. The van der Waals surface area contributed by atoms with Gasteiger partial charge in [-0.3, -0.25) is 0 Å². The van der Waals surface area contributed by atoms with Gasteiger partial charge in [0.15, 0.2) is 0 Å². The summed E-state index contributed by atoms with van der Waals surface area (Å²) in [6, 6.07) is 0. The van der Waals surface area contributed by atoms with E-state index in [0.29, 0.717) is 0 Å². The smallest absolute Gasteiger partial charge is 0.111 e. The summed E-state index contributed by atoms with van der Waals surface area (Å²) in [7, 11) is 0. The number of rotatable bonds is 32. The van der Waals surface area contributed by atoms with Gasteiger partial charge in [-0.25, -0.2) is 0 Å². The van der Waals surface area contributed by atoms with Gasteiger partial charge in [-0.2, -0.15) is 0 Å². The Labute approximate surface area is 256 Å². The van der Waals surface area contributed by atoms with E-state index in [1.54, 1.807) is 0 Å². The van der Waals surface area contributed by atoms with Crippen LogP contribution in [0.15, 0.2) is 24.3 Å². The van der Waals surface area contributed by atoms with E-state index < -0.39 is 0 Å². The Morgan fingerprint density at radius 1 is 0.463 bits per heavy atom. The summed E-state index contributed by atoms with van der Waals surface area (Å²) in [4.78, 5) is 0. The topological polar surface area (TPSA) is 34.3 Å². The van der Waals surface area contributed by atoms with Crippen molar-refractivity contribution >= 4 is 0 Å². The monoisotopic (exact) mass is 575 g/mol. The van der Waals surface area contributed by atoms with Gasteiger partial charge in [0.25, 0.3) is 0 Å². The molecule has 0 aromatic heterocycles. The maximum absolute atomic E-state index is 6.50. The summed E-state index contributed by atoms with van der Waals surface area (Å²) in [6.07, 6.45) is 45.8. The van der Waals surface area contributed by atoms with E-state index in [1.165, 1.54) is 154 Å². The van der Waals surface area contributed by atoms with Gasteiger partial charge in [-0.05, 0) is 25.7 Å². The molecule has 4 unspecified atom stereocenters. The molecule has 2 aliphatic heterocycles. The van der Waals surface area contributed by atoms with Gasteiger partial charge >= 0.3 is 0 Å². The van der Waals surface area contributed by atoms with Gasteiger partial charge in [0.1, 0.15) is 24.4 Å². The quantitative estimate of drug-likeness (QED) is 0.0455. The van der Waals surface area contributed by atoms with Gasteiger partial charge in [0.05, 0.1) is 13.2 Å². The molecule has 2 heterocycles. The molecular weight excluding hydrogens is 504 g/mol. The molecule has 0 aromatic carbocycles. The fourth-order valence-corrected chi connectivity index (χ4v) is 5.85. The van der Waals surface area contributed by atoms with E-state index >= 15 is 0 Å². The SMILES string of the molecule is CCCCCCCCCCCCCC/C=C/C(OC(/C=C/CCCCCCCCCCCCCC)C1CO1)C1CO1. The van der Waals surface area contributed by atoms with Crippen LogP contribution in [0.1, 0.15) is 181 Å². The second-order valence-electron chi connectivity index (χ2n) is 13.0. The van der Waals surface area contributed by atoms with Crippen molar-refractivity contribution in [2.45, 2.75) is 205 Å². The average molecular weight is 575 g/mol. The van der Waals surface area contributed by atoms with Crippen molar-refractivity contribution in [3.8, 4) is 0 Å². The van der Waals surface area contributed by atoms with Crippen LogP contribution in [0.4, 0.5) is 0 Å². The van der Waals surface area contributed by atoms with Crippen LogP contribution in [0.5, 0.6) is 0 Å². The molecule has 0 amide bonds. The van der Waals surface area contributed by atoms with Gasteiger partial charge in [-0.15, -0.1) is 0 Å². The van der Waals surface area contributed by atoms with Gasteiger partial charge in [0.2, 0.25) is 0 Å². The van der Waals surface area contributed by atoms with E-state index in [4.69, 9.17) is 14.2 Å². The Morgan fingerprint density at radius 2 is 0.732 bits per heavy atom. The second kappa shape index (κ2) is 26.9. The zero-order chi connectivity index (χ0) is 29.1. The maximum atomic E-state index is 6.50. The predicted octanol–water partition coefficient (Wildman–Crippen LogP) is 11.8. The normalized spacial score (nSPS) is 19.9. The number of unbranched alkanes of at least 4 members (excludes halogenated alkanes) is 24. The highest BCUT2D eigenvalue weighted by molar-refractivity contribution is 5.03. The molecule has 2 rings (SSSR count). The first-order chi connectivity index (χ1) is 20.3. The first-order valence-corrected chi connectivity index (χ1v) is 18.6. The minimum Gasteiger partial charge on any atom is -0.370 e. The molecule has 0 aromatic rings. The summed E-state index contributed by atoms with van der Waals surface area (Å²) in [5, 5.41) is 0. The highest BCUT2D eigenvalue weighted by Crippen LogP contribution is 2.26. The number of epoxide rings is 2. The molecule has 41 heavy (non-hydrogen) atoms. The highest BCUT2D eigenvalue weighted by Gasteiger charge is 2.38. The Morgan fingerprint density at radius 3 is 1.00 bits per heavy atom. The fraction of sp³-hybridized carbons (Fsp3) is 0.895. The van der Waals surface area contributed by atoms with E-state index in [0.717, 1.165) is 26.1 Å². The van der Waals surface area contributed by atoms with Crippen LogP contribution in [0.25, 0.3) is 0 Å². The molecule has 3 nitrogen and oxygen atoms in total. The zero-order valence-corrected chi connectivity index (χ0v) is 27.6. The van der Waals surface area contributed by atoms with Crippen LogP contribution in [-0.4, -0.2) is 37.6 Å². The molecule has 2 fully saturated rings. The number of allylic oxidation sites excluding steroid dienone is 2. The molecule has 0 bridgehead atoms. The first-order valence-electron chi connectivity index (χ1n) is 18.6. The minimum atomic E-state index is 0.0674. The van der Waals surface area contributed by atoms with Gasteiger partial charge in [0, 0.05) is 0 Å². The van der Waals surface area contributed by atoms with Gasteiger partial charge < -0.3 is 14.2 Å². The molecule has 0 saturated carbocycles. The first kappa shape index (κ1) is 36.6. The third-order valence-corrected chi connectivity index (χ3v) is 8.87. The molecule has 3 heteroatoms. The summed E-state index contributed by atoms with van der Waals surface area (Å²) < 4.78 is 17.8. The lowest BCUT2D eigenvalue weighted by Crippen LogP contribution is -2.27. The largest absolute Gasteiger partial charge is 0.370 e. The third-order valence-electron chi connectivity index (χ3n) is 8.87. The Balaban J connectivity index is 1.46.